The van der Waals surface area contributed by atoms with Gasteiger partial charge >= 0.3 is 6.09 Å². The number of aryl methyl sites for hydroxylation is 2. The third-order valence-corrected chi connectivity index (χ3v) is 6.36. The van der Waals surface area contributed by atoms with Gasteiger partial charge in [0.15, 0.2) is 23.2 Å². The highest BCUT2D eigenvalue weighted by molar-refractivity contribution is 5.89. The molecule has 11 heteroatoms. The number of halogens is 1. The number of Topliss-reactive ketones (excluding diaryl/α,β-unsaturated/α-hetero) is 1. The largest absolute Gasteiger partial charge is 0.488 e. The number of carbonyl (C=O) groups is 2. The molecule has 3 aromatic rings. The maximum atomic E-state index is 14.6. The smallest absolute Gasteiger partial charge is 0.415 e. The Hall–Kier alpha value is -4.02. The van der Waals surface area contributed by atoms with Gasteiger partial charge < -0.3 is 18.8 Å². The van der Waals surface area contributed by atoms with E-state index >= 15 is 0 Å². The third-order valence-electron chi connectivity index (χ3n) is 6.36. The predicted molar refractivity (Wildman–Crippen MR) is 127 cm³/mol. The van der Waals surface area contributed by atoms with Crippen LogP contribution >= 0.6 is 0 Å². The normalized spacial score (nSPS) is 17.2. The van der Waals surface area contributed by atoms with Crippen molar-refractivity contribution in [2.75, 3.05) is 24.7 Å². The number of hydrogen-bond acceptors (Lipinski definition) is 8. The zero-order valence-electron chi connectivity index (χ0n) is 20.0. The average molecular weight is 496 g/mol. The van der Waals surface area contributed by atoms with Crippen LogP contribution in [0.15, 0.2) is 29.2 Å². The van der Waals surface area contributed by atoms with Crippen molar-refractivity contribution in [1.82, 2.24) is 14.5 Å². The Morgan fingerprint density at radius 3 is 2.89 bits per heavy atom. The van der Waals surface area contributed by atoms with Crippen LogP contribution in [0.25, 0.3) is 10.9 Å². The van der Waals surface area contributed by atoms with Crippen LogP contribution in [0.3, 0.4) is 0 Å². The Morgan fingerprint density at radius 2 is 2.06 bits per heavy atom. The third kappa shape index (κ3) is 4.48. The molecule has 1 atom stereocenters. The summed E-state index contributed by atoms with van der Waals surface area (Å²) in [6, 6.07) is 4.50. The topological polar surface area (TPSA) is 113 Å². The fourth-order valence-electron chi connectivity index (χ4n) is 4.47. The molecule has 1 aromatic carbocycles. The highest BCUT2D eigenvalue weighted by Crippen LogP contribution is 2.30. The first kappa shape index (κ1) is 23.7. The first-order valence-electron chi connectivity index (χ1n) is 11.7. The SMILES string of the molecule is Cc1cc(=O)n(C)c2c(OCCCC[C@H]3CN(c4cnc5c(n4)CC(=O)CO5)C(=O)O3)c(F)ccc12. The Balaban J connectivity index is 1.17. The number of aromatic nitrogens is 3. The van der Waals surface area contributed by atoms with E-state index in [0.717, 1.165) is 10.9 Å². The van der Waals surface area contributed by atoms with E-state index in [-0.39, 0.29) is 42.8 Å². The molecular weight excluding hydrogens is 471 g/mol. The molecule has 0 bridgehead atoms. The predicted octanol–water partition coefficient (Wildman–Crippen LogP) is 2.85. The molecule has 0 radical (unpaired) electrons. The van der Waals surface area contributed by atoms with Crippen molar-refractivity contribution < 1.29 is 28.2 Å². The molecule has 0 aliphatic carbocycles. The minimum atomic E-state index is -0.526. The van der Waals surface area contributed by atoms with Crippen molar-refractivity contribution in [3.63, 3.8) is 0 Å². The van der Waals surface area contributed by atoms with Gasteiger partial charge in [-0.25, -0.2) is 19.2 Å². The lowest BCUT2D eigenvalue weighted by Gasteiger charge is -2.17. The van der Waals surface area contributed by atoms with Gasteiger partial charge in [-0.3, -0.25) is 14.5 Å². The molecule has 1 fully saturated rings. The summed E-state index contributed by atoms with van der Waals surface area (Å²) >= 11 is 0. The molecule has 5 rings (SSSR count). The summed E-state index contributed by atoms with van der Waals surface area (Å²) in [5.41, 5.74) is 1.36. The van der Waals surface area contributed by atoms with E-state index in [0.29, 0.717) is 48.7 Å². The van der Waals surface area contributed by atoms with Crippen LogP contribution in [0.4, 0.5) is 15.0 Å². The minimum Gasteiger partial charge on any atom is -0.488 e. The van der Waals surface area contributed by atoms with Crippen molar-refractivity contribution in [2.24, 2.45) is 7.05 Å². The standard InChI is InChI=1S/C25H25FN4O6/c1-14-9-21(32)29(2)22-17(14)6-7-18(26)23(22)34-8-4-3-5-16-12-30(25(33)36-16)20-11-27-24-19(28-20)10-15(31)13-35-24/h6-7,9,11,16H,3-5,8,10,12-13H2,1-2H3/t16-/m0/s1. The monoisotopic (exact) mass is 496 g/mol. The molecular formula is C25H25FN4O6. The van der Waals surface area contributed by atoms with Gasteiger partial charge in [0.25, 0.3) is 5.56 Å². The molecule has 10 nitrogen and oxygen atoms in total. The Kier molecular flexibility index (Phi) is 6.29. The van der Waals surface area contributed by atoms with Gasteiger partial charge in [-0.1, -0.05) is 0 Å². The van der Waals surface area contributed by atoms with Crippen LogP contribution in [-0.2, 0) is 23.0 Å². The maximum absolute atomic E-state index is 14.6. The van der Waals surface area contributed by atoms with Gasteiger partial charge in [0.05, 0.1) is 31.3 Å². The van der Waals surface area contributed by atoms with E-state index in [9.17, 15) is 18.8 Å². The number of carbonyl (C=O) groups excluding carboxylic acids is 2. The summed E-state index contributed by atoms with van der Waals surface area (Å²) in [6.45, 7) is 2.33. The number of fused-ring (bicyclic) bond motifs is 2. The fourth-order valence-corrected chi connectivity index (χ4v) is 4.47. The second-order valence-electron chi connectivity index (χ2n) is 8.94. The van der Waals surface area contributed by atoms with Crippen molar-refractivity contribution in [3.8, 4) is 11.6 Å². The number of nitrogens with zero attached hydrogens (tertiary/aromatic N) is 4. The van der Waals surface area contributed by atoms with E-state index < -0.39 is 11.9 Å². The molecule has 2 aliphatic heterocycles. The first-order chi connectivity index (χ1) is 17.3. The quantitative estimate of drug-likeness (QED) is 0.459. The van der Waals surface area contributed by atoms with Gasteiger partial charge in [-0.2, -0.15) is 0 Å². The van der Waals surface area contributed by atoms with Crippen molar-refractivity contribution in [3.05, 3.63) is 51.8 Å². The van der Waals surface area contributed by atoms with Crippen molar-refractivity contribution in [2.45, 2.75) is 38.7 Å². The highest BCUT2D eigenvalue weighted by Gasteiger charge is 2.34. The molecule has 36 heavy (non-hydrogen) atoms. The van der Waals surface area contributed by atoms with Crippen molar-refractivity contribution in [1.29, 1.82) is 0 Å². The Morgan fingerprint density at radius 1 is 1.22 bits per heavy atom. The minimum absolute atomic E-state index is 0.0243. The number of benzene rings is 1. The number of ether oxygens (including phenoxy) is 3. The summed E-state index contributed by atoms with van der Waals surface area (Å²) in [5.74, 6) is 0.0544. The molecule has 188 valence electrons. The summed E-state index contributed by atoms with van der Waals surface area (Å²) in [4.78, 5) is 46.1. The molecule has 2 aromatic heterocycles. The van der Waals surface area contributed by atoms with Crippen LogP contribution in [0, 0.1) is 12.7 Å². The van der Waals surface area contributed by atoms with E-state index in [2.05, 4.69) is 9.97 Å². The summed E-state index contributed by atoms with van der Waals surface area (Å²) in [6.07, 6.45) is 2.54. The fraction of sp³-hybridized carbons (Fsp3) is 0.400. The Bertz CT molecular complexity index is 1420. The van der Waals surface area contributed by atoms with Gasteiger partial charge in [-0.05, 0) is 43.9 Å². The summed E-state index contributed by atoms with van der Waals surface area (Å²) in [5, 5.41) is 0.757. The molecule has 2 aliphatic rings. The zero-order chi connectivity index (χ0) is 25.4. The van der Waals surface area contributed by atoms with Crippen LogP contribution in [-0.4, -0.2) is 52.3 Å². The molecule has 1 saturated heterocycles. The second-order valence-corrected chi connectivity index (χ2v) is 8.94. The van der Waals surface area contributed by atoms with E-state index in [4.69, 9.17) is 14.2 Å². The molecule has 0 spiro atoms. The first-order valence-corrected chi connectivity index (χ1v) is 11.7. The maximum Gasteiger partial charge on any atom is 0.415 e. The number of hydrogen-bond donors (Lipinski definition) is 0. The van der Waals surface area contributed by atoms with Crippen LogP contribution in [0.1, 0.15) is 30.5 Å². The van der Waals surface area contributed by atoms with E-state index in [1.165, 1.54) is 27.8 Å². The zero-order valence-corrected chi connectivity index (χ0v) is 20.0. The van der Waals surface area contributed by atoms with Crippen molar-refractivity contribution >= 4 is 28.6 Å². The number of amides is 1. The summed E-state index contributed by atoms with van der Waals surface area (Å²) in [7, 11) is 1.59. The lowest BCUT2D eigenvalue weighted by molar-refractivity contribution is -0.121. The second kappa shape index (κ2) is 9.56. The lowest BCUT2D eigenvalue weighted by Crippen LogP contribution is -2.28. The van der Waals surface area contributed by atoms with Gasteiger partial charge in [0.2, 0.25) is 5.88 Å². The van der Waals surface area contributed by atoms with E-state index in [1.54, 1.807) is 20.0 Å². The average Bonchev–Trinajstić information content (AvgIpc) is 3.22. The lowest BCUT2D eigenvalue weighted by atomic mass is 10.1. The molecule has 1 amide bonds. The van der Waals surface area contributed by atoms with Gasteiger partial charge in [0, 0.05) is 18.5 Å². The number of rotatable bonds is 7. The number of anilines is 1. The van der Waals surface area contributed by atoms with Crippen LogP contribution in [0.2, 0.25) is 0 Å². The van der Waals surface area contributed by atoms with Crippen LogP contribution < -0.4 is 19.9 Å². The number of unbranched alkanes of at least 4 members (excludes halogenated alkanes) is 1. The Labute approximate surface area is 205 Å². The number of pyridine rings is 1. The van der Waals surface area contributed by atoms with Gasteiger partial charge in [0.1, 0.15) is 18.4 Å². The molecule has 0 unspecified atom stereocenters. The molecule has 0 N–H and O–H groups in total. The molecule has 4 heterocycles. The summed E-state index contributed by atoms with van der Waals surface area (Å²) < 4.78 is 32.4. The van der Waals surface area contributed by atoms with E-state index in [1.807, 2.05) is 0 Å². The van der Waals surface area contributed by atoms with Gasteiger partial charge in [-0.15, -0.1) is 0 Å². The number of cyclic esters (lactones) is 1. The number of ketones is 1. The highest BCUT2D eigenvalue weighted by atomic mass is 19.1. The van der Waals surface area contributed by atoms with Crippen LogP contribution in [0.5, 0.6) is 11.6 Å². The molecule has 0 saturated carbocycles.